The van der Waals surface area contributed by atoms with E-state index >= 15 is 0 Å². The highest BCUT2D eigenvalue weighted by atomic mass is 16.4. The van der Waals surface area contributed by atoms with Crippen LogP contribution in [0, 0.1) is 6.92 Å². The number of aliphatic carboxylic acids is 1. The van der Waals surface area contributed by atoms with Gasteiger partial charge in [0.05, 0.1) is 0 Å². The summed E-state index contributed by atoms with van der Waals surface area (Å²) in [5.41, 5.74) is 0.343. The Bertz CT molecular complexity index is 350. The van der Waals surface area contributed by atoms with Crippen LogP contribution in [0.4, 0.5) is 0 Å². The van der Waals surface area contributed by atoms with Crippen LogP contribution in [0.2, 0.25) is 0 Å². The predicted octanol–water partition coefficient (Wildman–Crippen LogP) is 0.130. The Balaban J connectivity index is 3.10. The van der Waals surface area contributed by atoms with E-state index in [0.29, 0.717) is 5.69 Å². The maximum atomic E-state index is 10.8. The summed E-state index contributed by atoms with van der Waals surface area (Å²) in [7, 11) is 0. The lowest BCUT2D eigenvalue weighted by molar-refractivity contribution is -0.140. The van der Waals surface area contributed by atoms with Gasteiger partial charge in [-0.3, -0.25) is 14.6 Å². The molecule has 1 unspecified atom stereocenters. The van der Waals surface area contributed by atoms with E-state index in [-0.39, 0.29) is 5.56 Å². The molecule has 0 spiro atoms. The number of carboxylic acids is 1. The number of carboxylic acid groups (broad SMARTS) is 1. The summed E-state index contributed by atoms with van der Waals surface area (Å²) < 4.78 is 1.32. The molecule has 0 bridgehead atoms. The zero-order valence-corrected chi connectivity index (χ0v) is 6.87. The first-order valence-corrected chi connectivity index (χ1v) is 3.53. The molecular formula is C7H10N2O3. The highest BCUT2D eigenvalue weighted by Gasteiger charge is 2.14. The molecule has 1 aromatic heterocycles. The molecular weight excluding hydrogens is 160 g/mol. The minimum Gasteiger partial charge on any atom is -0.480 e. The number of rotatable bonds is 2. The second kappa shape index (κ2) is 2.84. The third-order valence-corrected chi connectivity index (χ3v) is 1.70. The Morgan fingerprint density at radius 2 is 2.33 bits per heavy atom. The summed E-state index contributed by atoms with van der Waals surface area (Å²) in [5, 5.41) is 11.0. The molecule has 0 radical (unpaired) electrons. The van der Waals surface area contributed by atoms with Gasteiger partial charge >= 0.3 is 5.97 Å². The quantitative estimate of drug-likeness (QED) is 0.662. The Morgan fingerprint density at radius 1 is 1.75 bits per heavy atom. The molecule has 0 amide bonds. The molecule has 66 valence electrons. The Hall–Kier alpha value is -1.52. The van der Waals surface area contributed by atoms with Gasteiger partial charge in [0.2, 0.25) is 0 Å². The molecule has 0 aliphatic heterocycles. The van der Waals surface area contributed by atoms with Crippen molar-refractivity contribution in [3.63, 3.8) is 0 Å². The van der Waals surface area contributed by atoms with Gasteiger partial charge in [-0.15, -0.1) is 0 Å². The minimum absolute atomic E-state index is 0.277. The molecule has 1 aromatic rings. The Morgan fingerprint density at radius 3 is 2.67 bits per heavy atom. The summed E-state index contributed by atoms with van der Waals surface area (Å²) in [6, 6.07) is 0.632. The molecule has 1 rings (SSSR count). The van der Waals surface area contributed by atoms with Gasteiger partial charge in [0.25, 0.3) is 5.56 Å². The van der Waals surface area contributed by atoms with Crippen molar-refractivity contribution >= 4 is 5.97 Å². The minimum atomic E-state index is -0.968. The van der Waals surface area contributed by atoms with Crippen molar-refractivity contribution in [2.24, 2.45) is 0 Å². The highest BCUT2D eigenvalue weighted by Crippen LogP contribution is 2.05. The summed E-state index contributed by atoms with van der Waals surface area (Å²) in [4.78, 5) is 21.3. The lowest BCUT2D eigenvalue weighted by Crippen LogP contribution is -2.19. The summed E-state index contributed by atoms with van der Waals surface area (Å²) >= 11 is 0. The number of aromatic nitrogens is 2. The molecule has 12 heavy (non-hydrogen) atoms. The first kappa shape index (κ1) is 8.58. The zero-order chi connectivity index (χ0) is 9.30. The highest BCUT2D eigenvalue weighted by molar-refractivity contribution is 5.71. The van der Waals surface area contributed by atoms with Gasteiger partial charge in [0.1, 0.15) is 6.04 Å². The zero-order valence-electron chi connectivity index (χ0n) is 6.87. The Kier molecular flexibility index (Phi) is 2.03. The molecule has 5 nitrogen and oxygen atoms in total. The van der Waals surface area contributed by atoms with E-state index in [1.165, 1.54) is 17.7 Å². The van der Waals surface area contributed by atoms with Crippen molar-refractivity contribution < 1.29 is 9.90 Å². The fourth-order valence-corrected chi connectivity index (χ4v) is 1.01. The summed E-state index contributed by atoms with van der Waals surface area (Å²) in [6.07, 6.45) is 0. The topological polar surface area (TPSA) is 75.1 Å². The normalized spacial score (nSPS) is 12.8. The van der Waals surface area contributed by atoms with Gasteiger partial charge in [0, 0.05) is 11.8 Å². The number of hydrogen-bond acceptors (Lipinski definition) is 2. The van der Waals surface area contributed by atoms with Gasteiger partial charge in [-0.2, -0.15) is 0 Å². The van der Waals surface area contributed by atoms with Gasteiger partial charge < -0.3 is 5.11 Å². The first-order valence-electron chi connectivity index (χ1n) is 3.53. The second-order valence-corrected chi connectivity index (χ2v) is 2.65. The molecule has 1 atom stereocenters. The predicted molar refractivity (Wildman–Crippen MR) is 42.1 cm³/mol. The maximum absolute atomic E-state index is 10.8. The third kappa shape index (κ3) is 1.39. The molecule has 0 aromatic carbocycles. The average molecular weight is 170 g/mol. The van der Waals surface area contributed by atoms with E-state index in [1.54, 1.807) is 6.92 Å². The van der Waals surface area contributed by atoms with Crippen LogP contribution in [0.15, 0.2) is 10.9 Å². The van der Waals surface area contributed by atoms with Crippen molar-refractivity contribution in [2.45, 2.75) is 19.9 Å². The van der Waals surface area contributed by atoms with Gasteiger partial charge in [0.15, 0.2) is 0 Å². The molecule has 0 aliphatic carbocycles. The number of aryl methyl sites for hydroxylation is 1. The molecule has 0 fully saturated rings. The summed E-state index contributed by atoms with van der Waals surface area (Å²) in [6.45, 7) is 3.18. The van der Waals surface area contributed by atoms with Crippen LogP contribution >= 0.6 is 0 Å². The van der Waals surface area contributed by atoms with Gasteiger partial charge in [-0.25, -0.2) is 4.79 Å². The number of carbonyl (C=O) groups is 1. The van der Waals surface area contributed by atoms with E-state index in [2.05, 4.69) is 5.10 Å². The van der Waals surface area contributed by atoms with Crippen LogP contribution in [0.3, 0.4) is 0 Å². The molecule has 0 saturated heterocycles. The van der Waals surface area contributed by atoms with Crippen LogP contribution in [-0.4, -0.2) is 20.9 Å². The average Bonchev–Trinajstić information content (AvgIpc) is 2.28. The summed E-state index contributed by atoms with van der Waals surface area (Å²) in [5.74, 6) is -0.968. The smallest absolute Gasteiger partial charge is 0.328 e. The van der Waals surface area contributed by atoms with Crippen molar-refractivity contribution in [3.8, 4) is 0 Å². The second-order valence-electron chi connectivity index (χ2n) is 2.65. The van der Waals surface area contributed by atoms with Crippen LogP contribution in [-0.2, 0) is 4.79 Å². The molecule has 2 N–H and O–H groups in total. The van der Waals surface area contributed by atoms with Gasteiger partial charge in [-0.05, 0) is 13.8 Å². The van der Waals surface area contributed by atoms with E-state index in [0.717, 1.165) is 0 Å². The fraction of sp³-hybridized carbons (Fsp3) is 0.429. The van der Waals surface area contributed by atoms with Gasteiger partial charge in [-0.1, -0.05) is 0 Å². The molecule has 0 saturated carbocycles. The number of H-pyrrole nitrogens is 1. The molecule has 5 heteroatoms. The third-order valence-electron chi connectivity index (χ3n) is 1.70. The number of nitrogens with one attached hydrogen (secondary N) is 1. The maximum Gasteiger partial charge on any atom is 0.328 e. The first-order chi connectivity index (χ1) is 5.52. The van der Waals surface area contributed by atoms with Crippen molar-refractivity contribution in [1.82, 2.24) is 9.78 Å². The van der Waals surface area contributed by atoms with Crippen LogP contribution in [0.25, 0.3) is 0 Å². The van der Waals surface area contributed by atoms with Crippen molar-refractivity contribution in [2.75, 3.05) is 0 Å². The number of nitrogens with zero attached hydrogens (tertiary/aromatic N) is 1. The van der Waals surface area contributed by atoms with E-state index in [1.807, 2.05) is 0 Å². The Labute approximate surface area is 68.6 Å². The monoisotopic (exact) mass is 170 g/mol. The van der Waals surface area contributed by atoms with E-state index < -0.39 is 12.0 Å². The number of aromatic amines is 1. The van der Waals surface area contributed by atoms with Crippen LogP contribution in [0.5, 0.6) is 0 Å². The molecule has 1 heterocycles. The largest absolute Gasteiger partial charge is 0.480 e. The van der Waals surface area contributed by atoms with Crippen molar-refractivity contribution in [3.05, 3.63) is 22.1 Å². The lowest BCUT2D eigenvalue weighted by atomic mass is 10.3. The SMILES string of the molecule is Cc1cc(=O)[nH]n1C(C)C(=O)O. The van der Waals surface area contributed by atoms with Crippen LogP contribution in [0.1, 0.15) is 18.7 Å². The molecule has 0 aliphatic rings. The van der Waals surface area contributed by atoms with E-state index in [9.17, 15) is 9.59 Å². The standard InChI is InChI=1S/C7H10N2O3/c1-4-3-6(10)8-9(4)5(2)7(11)12/h3,5H,1-2H3,(H,8,10)(H,11,12). The fourth-order valence-electron chi connectivity index (χ4n) is 1.01. The van der Waals surface area contributed by atoms with Crippen molar-refractivity contribution in [1.29, 1.82) is 0 Å². The van der Waals surface area contributed by atoms with E-state index in [4.69, 9.17) is 5.11 Å². The lowest BCUT2D eigenvalue weighted by Gasteiger charge is -2.09. The number of hydrogen-bond donors (Lipinski definition) is 2. The van der Waals surface area contributed by atoms with Crippen LogP contribution < -0.4 is 5.56 Å².